The third-order valence-electron chi connectivity index (χ3n) is 4.33. The van der Waals surface area contributed by atoms with Gasteiger partial charge in [-0.15, -0.1) is 0 Å². The third kappa shape index (κ3) is 4.34. The third-order valence-corrected chi connectivity index (χ3v) is 4.33. The van der Waals surface area contributed by atoms with Crippen LogP contribution in [0, 0.1) is 0 Å². The summed E-state index contributed by atoms with van der Waals surface area (Å²) in [6.07, 6.45) is 1.91. The highest BCUT2D eigenvalue weighted by Gasteiger charge is 2.19. The maximum atomic E-state index is 13.2. The predicted octanol–water partition coefficient (Wildman–Crippen LogP) is 5.90. The maximum Gasteiger partial charge on any atom is 0.211 e. The van der Waals surface area contributed by atoms with E-state index in [0.717, 1.165) is 24.0 Å². The molecule has 3 rings (SSSR count). The zero-order valence-corrected chi connectivity index (χ0v) is 15.0. The highest BCUT2D eigenvalue weighted by atomic mass is 16.1. The summed E-state index contributed by atoms with van der Waals surface area (Å²) in [5.41, 5.74) is 3.19. The molecule has 0 amide bonds. The molecule has 0 saturated carbocycles. The molecule has 0 saturated heterocycles. The summed E-state index contributed by atoms with van der Waals surface area (Å²) in [6.45, 7) is 2.15. The fourth-order valence-corrected chi connectivity index (χ4v) is 3.00. The Hall–Kier alpha value is -3.00. The molecule has 0 aromatic heterocycles. The van der Waals surface area contributed by atoms with E-state index < -0.39 is 0 Å². The number of rotatable bonds is 7. The van der Waals surface area contributed by atoms with E-state index in [1.165, 1.54) is 0 Å². The van der Waals surface area contributed by atoms with E-state index in [1.807, 2.05) is 78.9 Å². The van der Waals surface area contributed by atoms with Gasteiger partial charge >= 0.3 is 0 Å². The van der Waals surface area contributed by atoms with Crippen molar-refractivity contribution in [2.45, 2.75) is 25.8 Å². The number of carbonyl (C=O) groups is 1. The van der Waals surface area contributed by atoms with Crippen molar-refractivity contribution < 1.29 is 4.79 Å². The number of aliphatic imine (C=N–C) groups is 1. The standard InChI is InChI=1S/C24H23NO/c1-2-12-22(19-13-6-3-7-14-19)25-23(20-15-8-4-9-16-20)24(26)21-17-10-5-11-18-21/h3-11,13-18,22H,2,12H2,1H3. The molecule has 3 aromatic rings. The number of nitrogens with zero attached hydrogens (tertiary/aromatic N) is 1. The van der Waals surface area contributed by atoms with Gasteiger partial charge in [0, 0.05) is 11.1 Å². The van der Waals surface area contributed by atoms with Gasteiger partial charge in [0.25, 0.3) is 0 Å². The summed E-state index contributed by atoms with van der Waals surface area (Å²) in [5.74, 6) is -0.0335. The zero-order chi connectivity index (χ0) is 18.2. The number of ketones is 1. The molecule has 1 unspecified atom stereocenters. The first-order valence-electron chi connectivity index (χ1n) is 9.07. The van der Waals surface area contributed by atoms with Gasteiger partial charge in [-0.3, -0.25) is 9.79 Å². The van der Waals surface area contributed by atoms with Crippen molar-refractivity contribution >= 4 is 11.5 Å². The summed E-state index contributed by atoms with van der Waals surface area (Å²) in [5, 5.41) is 0. The molecule has 130 valence electrons. The van der Waals surface area contributed by atoms with Crippen LogP contribution >= 0.6 is 0 Å². The molecule has 0 heterocycles. The lowest BCUT2D eigenvalue weighted by Crippen LogP contribution is -2.17. The Balaban J connectivity index is 2.07. The van der Waals surface area contributed by atoms with Gasteiger partial charge in [0.15, 0.2) is 0 Å². The molecule has 0 fully saturated rings. The van der Waals surface area contributed by atoms with Crippen LogP contribution in [0.15, 0.2) is 96.0 Å². The molecular formula is C24H23NO. The molecule has 0 bridgehead atoms. The monoisotopic (exact) mass is 341 g/mol. The van der Waals surface area contributed by atoms with Crippen LogP contribution in [0.2, 0.25) is 0 Å². The van der Waals surface area contributed by atoms with Crippen LogP contribution in [-0.4, -0.2) is 11.5 Å². The van der Waals surface area contributed by atoms with Crippen LogP contribution in [0.25, 0.3) is 0 Å². The SMILES string of the molecule is CCCC(N=C(C(=O)c1ccccc1)c1ccccc1)c1ccccc1. The lowest BCUT2D eigenvalue weighted by atomic mass is 9.98. The van der Waals surface area contributed by atoms with E-state index in [0.29, 0.717) is 11.3 Å². The lowest BCUT2D eigenvalue weighted by Gasteiger charge is -2.15. The molecule has 3 aromatic carbocycles. The van der Waals surface area contributed by atoms with Gasteiger partial charge < -0.3 is 0 Å². The number of Topliss-reactive ketones (excluding diaryl/α,β-unsaturated/α-hetero) is 1. The molecule has 0 aliphatic carbocycles. The van der Waals surface area contributed by atoms with Gasteiger partial charge in [-0.25, -0.2) is 0 Å². The molecule has 0 N–H and O–H groups in total. The molecule has 26 heavy (non-hydrogen) atoms. The summed E-state index contributed by atoms with van der Waals surface area (Å²) in [4.78, 5) is 18.1. The van der Waals surface area contributed by atoms with Gasteiger partial charge in [-0.05, 0) is 12.0 Å². The van der Waals surface area contributed by atoms with E-state index in [4.69, 9.17) is 4.99 Å². The highest BCUT2D eigenvalue weighted by Crippen LogP contribution is 2.24. The van der Waals surface area contributed by atoms with Gasteiger partial charge in [-0.1, -0.05) is 104 Å². The van der Waals surface area contributed by atoms with Crippen LogP contribution in [0.5, 0.6) is 0 Å². The second kappa shape index (κ2) is 8.91. The van der Waals surface area contributed by atoms with Gasteiger partial charge in [0.2, 0.25) is 5.78 Å². The number of carbonyl (C=O) groups excluding carboxylic acids is 1. The summed E-state index contributed by atoms with van der Waals surface area (Å²) < 4.78 is 0. The minimum Gasteiger partial charge on any atom is -0.287 e. The first kappa shape index (κ1) is 17.8. The molecule has 0 spiro atoms. The Bertz CT molecular complexity index is 854. The number of benzene rings is 3. The quantitative estimate of drug-likeness (QED) is 0.388. The van der Waals surface area contributed by atoms with Crippen molar-refractivity contribution in [3.05, 3.63) is 108 Å². The van der Waals surface area contributed by atoms with Crippen molar-refractivity contribution in [3.8, 4) is 0 Å². The predicted molar refractivity (Wildman–Crippen MR) is 108 cm³/mol. The van der Waals surface area contributed by atoms with E-state index in [2.05, 4.69) is 19.1 Å². The zero-order valence-electron chi connectivity index (χ0n) is 15.0. The smallest absolute Gasteiger partial charge is 0.211 e. The Morgan fingerprint density at radius 2 is 1.27 bits per heavy atom. The molecule has 0 aliphatic rings. The second-order valence-electron chi connectivity index (χ2n) is 6.25. The second-order valence-corrected chi connectivity index (χ2v) is 6.25. The first-order valence-corrected chi connectivity index (χ1v) is 9.07. The van der Waals surface area contributed by atoms with Crippen LogP contribution in [0.1, 0.15) is 47.3 Å². The minimum absolute atomic E-state index is 0.0240. The van der Waals surface area contributed by atoms with Crippen LogP contribution < -0.4 is 0 Å². The highest BCUT2D eigenvalue weighted by molar-refractivity contribution is 6.51. The van der Waals surface area contributed by atoms with Gasteiger partial charge in [0.05, 0.1) is 6.04 Å². The average Bonchev–Trinajstić information content (AvgIpc) is 2.72. The minimum atomic E-state index is -0.0335. The maximum absolute atomic E-state index is 13.2. The summed E-state index contributed by atoms with van der Waals surface area (Å²) in [6, 6.07) is 29.3. The Labute approximate surface area is 155 Å². The van der Waals surface area contributed by atoms with Crippen molar-refractivity contribution in [2.24, 2.45) is 4.99 Å². The average molecular weight is 341 g/mol. The largest absolute Gasteiger partial charge is 0.287 e. The Kier molecular flexibility index (Phi) is 6.10. The number of hydrogen-bond donors (Lipinski definition) is 0. The normalized spacial score (nSPS) is 12.6. The van der Waals surface area contributed by atoms with Crippen LogP contribution in [0.3, 0.4) is 0 Å². The van der Waals surface area contributed by atoms with E-state index in [1.54, 1.807) is 0 Å². The topological polar surface area (TPSA) is 29.4 Å². The molecule has 0 aliphatic heterocycles. The fourth-order valence-electron chi connectivity index (χ4n) is 3.00. The van der Waals surface area contributed by atoms with Crippen LogP contribution in [-0.2, 0) is 0 Å². The van der Waals surface area contributed by atoms with Crippen molar-refractivity contribution in [3.63, 3.8) is 0 Å². The van der Waals surface area contributed by atoms with Crippen molar-refractivity contribution in [2.75, 3.05) is 0 Å². The molecule has 2 heteroatoms. The van der Waals surface area contributed by atoms with Crippen molar-refractivity contribution in [1.29, 1.82) is 0 Å². The molecule has 0 radical (unpaired) electrons. The van der Waals surface area contributed by atoms with E-state index in [-0.39, 0.29) is 11.8 Å². The van der Waals surface area contributed by atoms with Gasteiger partial charge in [0.1, 0.15) is 5.71 Å². The van der Waals surface area contributed by atoms with E-state index in [9.17, 15) is 4.79 Å². The lowest BCUT2D eigenvalue weighted by molar-refractivity contribution is 0.106. The molecular weight excluding hydrogens is 318 g/mol. The molecule has 1 atom stereocenters. The summed E-state index contributed by atoms with van der Waals surface area (Å²) in [7, 11) is 0. The fraction of sp³-hybridized carbons (Fsp3) is 0.167. The van der Waals surface area contributed by atoms with E-state index >= 15 is 0 Å². The number of hydrogen-bond acceptors (Lipinski definition) is 2. The Morgan fingerprint density at radius 3 is 1.81 bits per heavy atom. The van der Waals surface area contributed by atoms with Crippen LogP contribution in [0.4, 0.5) is 0 Å². The first-order chi connectivity index (χ1) is 12.8. The van der Waals surface area contributed by atoms with Gasteiger partial charge in [-0.2, -0.15) is 0 Å². The summed E-state index contributed by atoms with van der Waals surface area (Å²) >= 11 is 0. The Morgan fingerprint density at radius 1 is 0.769 bits per heavy atom. The van der Waals surface area contributed by atoms with Crippen molar-refractivity contribution in [1.82, 2.24) is 0 Å². The molecule has 2 nitrogen and oxygen atoms in total.